The first kappa shape index (κ1) is 16.8. The van der Waals surface area contributed by atoms with Gasteiger partial charge in [-0.3, -0.25) is 0 Å². The first-order valence-electron chi connectivity index (χ1n) is 7.23. The van der Waals surface area contributed by atoms with E-state index in [1.54, 1.807) is 14.2 Å². The van der Waals surface area contributed by atoms with Crippen LogP contribution in [-0.2, 0) is 11.2 Å². The van der Waals surface area contributed by atoms with E-state index in [4.69, 9.17) is 14.2 Å². The monoisotopic (exact) mass is 281 g/mol. The minimum atomic E-state index is 0.426. The Balaban J connectivity index is 2.39. The zero-order chi connectivity index (χ0) is 14.8. The molecule has 1 unspecified atom stereocenters. The van der Waals surface area contributed by atoms with Gasteiger partial charge < -0.3 is 19.5 Å². The van der Waals surface area contributed by atoms with Crippen LogP contribution >= 0.6 is 0 Å². The molecular weight excluding hydrogens is 254 g/mol. The Labute approximate surface area is 122 Å². The van der Waals surface area contributed by atoms with Crippen molar-refractivity contribution in [3.63, 3.8) is 0 Å². The third-order valence-corrected chi connectivity index (χ3v) is 3.15. The summed E-state index contributed by atoms with van der Waals surface area (Å²) >= 11 is 0. The molecule has 0 radical (unpaired) electrons. The Morgan fingerprint density at radius 2 is 1.90 bits per heavy atom. The lowest BCUT2D eigenvalue weighted by Gasteiger charge is -2.15. The van der Waals surface area contributed by atoms with Gasteiger partial charge >= 0.3 is 0 Å². The van der Waals surface area contributed by atoms with Crippen molar-refractivity contribution >= 4 is 0 Å². The summed E-state index contributed by atoms with van der Waals surface area (Å²) in [5, 5.41) is 3.50. The van der Waals surface area contributed by atoms with Gasteiger partial charge in [0.2, 0.25) is 0 Å². The van der Waals surface area contributed by atoms with Gasteiger partial charge in [-0.05, 0) is 50.9 Å². The van der Waals surface area contributed by atoms with E-state index in [1.165, 1.54) is 5.56 Å². The molecule has 0 aliphatic rings. The fraction of sp³-hybridized carbons (Fsp3) is 0.625. The highest BCUT2D eigenvalue weighted by Gasteiger charge is 2.07. The lowest BCUT2D eigenvalue weighted by molar-refractivity contribution is 0.144. The highest BCUT2D eigenvalue weighted by molar-refractivity contribution is 5.43. The Bertz CT molecular complexity index is 382. The molecule has 0 bridgehead atoms. The van der Waals surface area contributed by atoms with Crippen LogP contribution in [0.2, 0.25) is 0 Å². The van der Waals surface area contributed by atoms with E-state index < -0.39 is 0 Å². The predicted molar refractivity (Wildman–Crippen MR) is 81.8 cm³/mol. The van der Waals surface area contributed by atoms with Gasteiger partial charge in [0.15, 0.2) is 11.5 Å². The highest BCUT2D eigenvalue weighted by atomic mass is 16.5. The van der Waals surface area contributed by atoms with E-state index >= 15 is 0 Å². The molecule has 114 valence electrons. The average molecular weight is 281 g/mol. The highest BCUT2D eigenvalue weighted by Crippen LogP contribution is 2.27. The van der Waals surface area contributed by atoms with Gasteiger partial charge in [-0.25, -0.2) is 0 Å². The largest absolute Gasteiger partial charge is 0.493 e. The summed E-state index contributed by atoms with van der Waals surface area (Å²) in [7, 11) is 3.32. The maximum atomic E-state index is 5.32. The summed E-state index contributed by atoms with van der Waals surface area (Å²) in [5.74, 6) is 1.56. The second-order valence-corrected chi connectivity index (χ2v) is 4.80. The maximum absolute atomic E-state index is 5.32. The standard InChI is InChI=1S/C16H27NO3/c1-5-20-10-6-9-17-13(2)11-14-7-8-15(18-3)16(12-14)19-4/h7-8,12-13,17H,5-6,9-11H2,1-4H3. The van der Waals surface area contributed by atoms with E-state index in [0.29, 0.717) is 6.04 Å². The second-order valence-electron chi connectivity index (χ2n) is 4.80. The van der Waals surface area contributed by atoms with Crippen LogP contribution in [0.1, 0.15) is 25.8 Å². The molecule has 1 aromatic carbocycles. The first-order chi connectivity index (χ1) is 9.71. The summed E-state index contributed by atoms with van der Waals surface area (Å²) < 4.78 is 15.9. The molecule has 0 saturated carbocycles. The van der Waals surface area contributed by atoms with Crippen molar-refractivity contribution in [1.82, 2.24) is 5.32 Å². The van der Waals surface area contributed by atoms with Crippen LogP contribution in [0.15, 0.2) is 18.2 Å². The molecule has 1 N–H and O–H groups in total. The van der Waals surface area contributed by atoms with Crippen LogP contribution in [0.25, 0.3) is 0 Å². The van der Waals surface area contributed by atoms with Gasteiger partial charge in [0.25, 0.3) is 0 Å². The number of rotatable bonds is 10. The normalized spacial score (nSPS) is 12.2. The number of hydrogen-bond donors (Lipinski definition) is 1. The second kappa shape index (κ2) is 9.61. The number of methoxy groups -OCH3 is 2. The molecule has 1 rings (SSSR count). The molecule has 4 heteroatoms. The van der Waals surface area contributed by atoms with Crippen LogP contribution in [0, 0.1) is 0 Å². The van der Waals surface area contributed by atoms with Gasteiger partial charge in [0, 0.05) is 19.3 Å². The molecule has 0 aliphatic heterocycles. The quantitative estimate of drug-likeness (QED) is 0.669. The SMILES string of the molecule is CCOCCCNC(C)Cc1ccc(OC)c(OC)c1. The molecule has 0 spiro atoms. The van der Waals surface area contributed by atoms with Gasteiger partial charge in [-0.2, -0.15) is 0 Å². The van der Waals surface area contributed by atoms with Gasteiger partial charge in [0.1, 0.15) is 0 Å². The summed E-state index contributed by atoms with van der Waals surface area (Å²) in [4.78, 5) is 0. The number of benzene rings is 1. The van der Waals surface area contributed by atoms with Crippen molar-refractivity contribution < 1.29 is 14.2 Å². The van der Waals surface area contributed by atoms with Crippen molar-refractivity contribution in [3.8, 4) is 11.5 Å². The molecule has 0 saturated heterocycles. The number of hydrogen-bond acceptors (Lipinski definition) is 4. The molecule has 0 amide bonds. The lowest BCUT2D eigenvalue weighted by atomic mass is 10.1. The summed E-state index contributed by atoms with van der Waals surface area (Å²) in [6.07, 6.45) is 2.01. The van der Waals surface area contributed by atoms with Crippen molar-refractivity contribution in [2.45, 2.75) is 32.7 Å². The fourth-order valence-corrected chi connectivity index (χ4v) is 2.10. The first-order valence-corrected chi connectivity index (χ1v) is 7.23. The number of ether oxygens (including phenoxy) is 3. The van der Waals surface area contributed by atoms with Crippen molar-refractivity contribution in [1.29, 1.82) is 0 Å². The third kappa shape index (κ3) is 5.80. The van der Waals surface area contributed by atoms with Crippen LogP contribution in [0.4, 0.5) is 0 Å². The van der Waals surface area contributed by atoms with Crippen molar-refractivity contribution in [3.05, 3.63) is 23.8 Å². The van der Waals surface area contributed by atoms with E-state index in [2.05, 4.69) is 18.3 Å². The van der Waals surface area contributed by atoms with Crippen molar-refractivity contribution in [2.24, 2.45) is 0 Å². The van der Waals surface area contributed by atoms with Gasteiger partial charge in [-0.1, -0.05) is 6.07 Å². The molecule has 20 heavy (non-hydrogen) atoms. The molecule has 0 fully saturated rings. The molecule has 0 aliphatic carbocycles. The fourth-order valence-electron chi connectivity index (χ4n) is 2.10. The Hall–Kier alpha value is -1.26. The maximum Gasteiger partial charge on any atom is 0.160 e. The van der Waals surface area contributed by atoms with E-state index in [1.807, 2.05) is 19.1 Å². The minimum Gasteiger partial charge on any atom is -0.493 e. The summed E-state index contributed by atoms with van der Waals surface area (Å²) in [6, 6.07) is 6.50. The van der Waals surface area contributed by atoms with Crippen LogP contribution in [-0.4, -0.2) is 40.0 Å². The molecule has 0 heterocycles. The smallest absolute Gasteiger partial charge is 0.160 e. The molecule has 1 atom stereocenters. The van der Waals surface area contributed by atoms with Crippen LogP contribution in [0.3, 0.4) is 0 Å². The van der Waals surface area contributed by atoms with E-state index in [-0.39, 0.29) is 0 Å². The van der Waals surface area contributed by atoms with Crippen molar-refractivity contribution in [2.75, 3.05) is 34.0 Å². The Morgan fingerprint density at radius 1 is 1.15 bits per heavy atom. The topological polar surface area (TPSA) is 39.7 Å². The molecule has 4 nitrogen and oxygen atoms in total. The zero-order valence-corrected chi connectivity index (χ0v) is 13.1. The summed E-state index contributed by atoms with van der Waals surface area (Å²) in [5.41, 5.74) is 1.24. The minimum absolute atomic E-state index is 0.426. The molecular formula is C16H27NO3. The lowest BCUT2D eigenvalue weighted by Crippen LogP contribution is -2.29. The summed E-state index contributed by atoms with van der Waals surface area (Å²) in [6.45, 7) is 6.81. The zero-order valence-electron chi connectivity index (χ0n) is 13.1. The van der Waals surface area contributed by atoms with Crippen LogP contribution < -0.4 is 14.8 Å². The average Bonchev–Trinajstić information content (AvgIpc) is 2.46. The third-order valence-electron chi connectivity index (χ3n) is 3.15. The predicted octanol–water partition coefficient (Wildman–Crippen LogP) is 2.65. The van der Waals surface area contributed by atoms with Gasteiger partial charge in [0.05, 0.1) is 14.2 Å². The Kier molecular flexibility index (Phi) is 8.07. The number of nitrogens with one attached hydrogen (secondary N) is 1. The van der Waals surface area contributed by atoms with E-state index in [0.717, 1.165) is 44.1 Å². The van der Waals surface area contributed by atoms with Gasteiger partial charge in [-0.15, -0.1) is 0 Å². The van der Waals surface area contributed by atoms with Crippen LogP contribution in [0.5, 0.6) is 11.5 Å². The molecule has 1 aromatic rings. The Morgan fingerprint density at radius 3 is 2.55 bits per heavy atom. The molecule has 0 aromatic heterocycles. The van der Waals surface area contributed by atoms with E-state index in [9.17, 15) is 0 Å².